The predicted molar refractivity (Wildman–Crippen MR) is 74.4 cm³/mol. The standard InChI is InChI=1S/C13H12ClNO2S/c1-8(2)15-12(16)11(18-13(15)17)7-9-4-3-5-10(14)6-9/h3-8H,1-2H3. The molecule has 0 aromatic heterocycles. The van der Waals surface area contributed by atoms with Crippen molar-refractivity contribution in [1.29, 1.82) is 0 Å². The molecule has 94 valence electrons. The number of halogens is 1. The number of thioether (sulfide) groups is 1. The summed E-state index contributed by atoms with van der Waals surface area (Å²) in [5, 5.41) is 0.384. The number of nitrogens with zero attached hydrogens (tertiary/aromatic N) is 1. The van der Waals surface area contributed by atoms with Crippen molar-refractivity contribution in [3.8, 4) is 0 Å². The third-order valence-electron chi connectivity index (χ3n) is 2.49. The lowest BCUT2D eigenvalue weighted by Gasteiger charge is -2.16. The highest BCUT2D eigenvalue weighted by Gasteiger charge is 2.36. The highest BCUT2D eigenvalue weighted by molar-refractivity contribution is 8.18. The second-order valence-electron chi connectivity index (χ2n) is 4.20. The van der Waals surface area contributed by atoms with Gasteiger partial charge < -0.3 is 0 Å². The molecule has 0 saturated carbocycles. The molecular formula is C13H12ClNO2S. The van der Waals surface area contributed by atoms with Crippen LogP contribution in [0.2, 0.25) is 5.02 Å². The lowest BCUT2D eigenvalue weighted by atomic mass is 10.2. The van der Waals surface area contributed by atoms with Crippen molar-refractivity contribution < 1.29 is 9.59 Å². The molecule has 1 saturated heterocycles. The number of carbonyl (C=O) groups is 2. The average Bonchev–Trinajstić information content (AvgIpc) is 2.54. The van der Waals surface area contributed by atoms with Gasteiger partial charge in [0, 0.05) is 11.1 Å². The van der Waals surface area contributed by atoms with E-state index in [4.69, 9.17) is 11.6 Å². The van der Waals surface area contributed by atoms with Gasteiger partial charge in [-0.1, -0.05) is 23.7 Å². The van der Waals surface area contributed by atoms with E-state index in [1.165, 1.54) is 4.90 Å². The van der Waals surface area contributed by atoms with Crippen LogP contribution < -0.4 is 0 Å². The van der Waals surface area contributed by atoms with E-state index in [0.29, 0.717) is 9.93 Å². The van der Waals surface area contributed by atoms with E-state index in [0.717, 1.165) is 17.3 Å². The van der Waals surface area contributed by atoms with Gasteiger partial charge in [-0.15, -0.1) is 0 Å². The minimum Gasteiger partial charge on any atom is -0.268 e. The second kappa shape index (κ2) is 5.16. The van der Waals surface area contributed by atoms with E-state index in [9.17, 15) is 9.59 Å². The van der Waals surface area contributed by atoms with Crippen LogP contribution in [-0.4, -0.2) is 22.1 Å². The Kier molecular flexibility index (Phi) is 3.78. The third kappa shape index (κ3) is 2.60. The van der Waals surface area contributed by atoms with Crippen molar-refractivity contribution >= 4 is 40.6 Å². The number of carbonyl (C=O) groups excluding carboxylic acids is 2. The summed E-state index contributed by atoms with van der Waals surface area (Å²) in [6.45, 7) is 3.64. The molecular weight excluding hydrogens is 270 g/mol. The maximum absolute atomic E-state index is 12.0. The molecule has 0 atom stereocenters. The van der Waals surface area contributed by atoms with Crippen LogP contribution in [0.1, 0.15) is 19.4 Å². The van der Waals surface area contributed by atoms with Crippen LogP contribution in [0.25, 0.3) is 6.08 Å². The Balaban J connectivity index is 2.31. The van der Waals surface area contributed by atoms with Gasteiger partial charge in [0.15, 0.2) is 0 Å². The number of hydrogen-bond donors (Lipinski definition) is 0. The number of rotatable bonds is 2. The van der Waals surface area contributed by atoms with Crippen LogP contribution in [0.4, 0.5) is 4.79 Å². The van der Waals surface area contributed by atoms with Crippen LogP contribution in [0, 0.1) is 0 Å². The maximum atomic E-state index is 12.0. The van der Waals surface area contributed by atoms with Crippen molar-refractivity contribution in [1.82, 2.24) is 4.90 Å². The summed E-state index contributed by atoms with van der Waals surface area (Å²) in [4.78, 5) is 25.4. The van der Waals surface area contributed by atoms with Crippen LogP contribution in [0.5, 0.6) is 0 Å². The minimum absolute atomic E-state index is 0.122. The predicted octanol–water partition coefficient (Wildman–Crippen LogP) is 3.78. The summed E-state index contributed by atoms with van der Waals surface area (Å²) in [5.74, 6) is -0.236. The van der Waals surface area contributed by atoms with Crippen LogP contribution in [-0.2, 0) is 4.79 Å². The van der Waals surface area contributed by atoms with E-state index in [1.54, 1.807) is 24.3 Å². The molecule has 1 aliphatic rings. The number of imide groups is 1. The Morgan fingerprint density at radius 3 is 2.61 bits per heavy atom. The first-order chi connectivity index (χ1) is 8.49. The van der Waals surface area contributed by atoms with E-state index in [-0.39, 0.29) is 17.2 Å². The van der Waals surface area contributed by atoms with Crippen molar-refractivity contribution in [2.24, 2.45) is 0 Å². The highest BCUT2D eigenvalue weighted by Crippen LogP contribution is 2.33. The van der Waals surface area contributed by atoms with Gasteiger partial charge in [-0.05, 0) is 49.4 Å². The Morgan fingerprint density at radius 2 is 2.06 bits per heavy atom. The molecule has 3 nitrogen and oxygen atoms in total. The largest absolute Gasteiger partial charge is 0.293 e. The lowest BCUT2D eigenvalue weighted by Crippen LogP contribution is -2.34. The Bertz CT molecular complexity index is 540. The number of amides is 2. The van der Waals surface area contributed by atoms with Crippen molar-refractivity contribution in [2.45, 2.75) is 19.9 Å². The summed E-state index contributed by atoms with van der Waals surface area (Å²) < 4.78 is 0. The smallest absolute Gasteiger partial charge is 0.268 e. The molecule has 1 aliphatic heterocycles. The fraction of sp³-hybridized carbons (Fsp3) is 0.231. The van der Waals surface area contributed by atoms with Gasteiger partial charge in [-0.25, -0.2) is 0 Å². The summed E-state index contributed by atoms with van der Waals surface area (Å²) >= 11 is 6.84. The topological polar surface area (TPSA) is 37.4 Å². The van der Waals surface area contributed by atoms with E-state index in [2.05, 4.69) is 0 Å². The SMILES string of the molecule is CC(C)N1C(=O)SC(=Cc2cccc(Cl)c2)C1=O. The molecule has 0 N–H and O–H groups in total. The zero-order valence-corrected chi connectivity index (χ0v) is 11.6. The van der Waals surface area contributed by atoms with Gasteiger partial charge in [0.25, 0.3) is 11.1 Å². The van der Waals surface area contributed by atoms with Gasteiger partial charge >= 0.3 is 0 Å². The summed E-state index contributed by atoms with van der Waals surface area (Å²) in [6.07, 6.45) is 1.69. The molecule has 0 aliphatic carbocycles. The van der Waals surface area contributed by atoms with Crippen molar-refractivity contribution in [2.75, 3.05) is 0 Å². The quantitative estimate of drug-likeness (QED) is 0.774. The number of benzene rings is 1. The monoisotopic (exact) mass is 281 g/mol. The molecule has 5 heteroatoms. The number of hydrogen-bond acceptors (Lipinski definition) is 3. The molecule has 2 amide bonds. The molecule has 0 unspecified atom stereocenters. The minimum atomic E-state index is -0.236. The average molecular weight is 282 g/mol. The summed E-state index contributed by atoms with van der Waals surface area (Å²) in [5.41, 5.74) is 0.816. The Labute approximate surface area is 115 Å². The first-order valence-corrected chi connectivity index (χ1v) is 6.71. The van der Waals surface area contributed by atoms with Crippen molar-refractivity contribution in [3.05, 3.63) is 39.8 Å². The van der Waals surface area contributed by atoms with Crippen LogP contribution in [0.3, 0.4) is 0 Å². The van der Waals surface area contributed by atoms with Gasteiger partial charge in [0.05, 0.1) is 4.91 Å². The highest BCUT2D eigenvalue weighted by atomic mass is 35.5. The van der Waals surface area contributed by atoms with Gasteiger partial charge in [0.1, 0.15) is 0 Å². The molecule has 18 heavy (non-hydrogen) atoms. The molecule has 1 fully saturated rings. The fourth-order valence-electron chi connectivity index (χ4n) is 1.67. The molecule has 0 spiro atoms. The van der Waals surface area contributed by atoms with Crippen LogP contribution in [0.15, 0.2) is 29.2 Å². The van der Waals surface area contributed by atoms with Gasteiger partial charge in [-0.2, -0.15) is 0 Å². The second-order valence-corrected chi connectivity index (χ2v) is 5.63. The van der Waals surface area contributed by atoms with E-state index < -0.39 is 0 Å². The molecule has 2 rings (SSSR count). The van der Waals surface area contributed by atoms with Crippen LogP contribution >= 0.6 is 23.4 Å². The van der Waals surface area contributed by atoms with Gasteiger partial charge in [0.2, 0.25) is 0 Å². The normalized spacial score (nSPS) is 18.2. The molecule has 1 heterocycles. The molecule has 1 aromatic carbocycles. The summed E-state index contributed by atoms with van der Waals surface area (Å²) in [6, 6.07) is 7.04. The Hall–Kier alpha value is -1.26. The summed E-state index contributed by atoms with van der Waals surface area (Å²) in [7, 11) is 0. The Morgan fingerprint density at radius 1 is 1.33 bits per heavy atom. The molecule has 0 bridgehead atoms. The van der Waals surface area contributed by atoms with E-state index >= 15 is 0 Å². The first kappa shape index (κ1) is 13.2. The van der Waals surface area contributed by atoms with E-state index in [1.807, 2.05) is 19.9 Å². The lowest BCUT2D eigenvalue weighted by molar-refractivity contribution is -0.123. The zero-order chi connectivity index (χ0) is 13.3. The van der Waals surface area contributed by atoms with Gasteiger partial charge in [-0.3, -0.25) is 14.5 Å². The zero-order valence-electron chi connectivity index (χ0n) is 10.0. The first-order valence-electron chi connectivity index (χ1n) is 5.51. The fourth-order valence-corrected chi connectivity index (χ4v) is 2.83. The maximum Gasteiger partial charge on any atom is 0.293 e. The molecule has 0 radical (unpaired) electrons. The third-order valence-corrected chi connectivity index (χ3v) is 3.61. The van der Waals surface area contributed by atoms with Crippen molar-refractivity contribution in [3.63, 3.8) is 0 Å². The molecule has 1 aromatic rings.